The van der Waals surface area contributed by atoms with Crippen LogP contribution in [-0.4, -0.2) is 29.6 Å². The monoisotopic (exact) mass is 371 g/mol. The first-order chi connectivity index (χ1) is 13.8. The van der Waals surface area contributed by atoms with Crippen molar-refractivity contribution in [3.63, 3.8) is 0 Å². The highest BCUT2D eigenvalue weighted by Crippen LogP contribution is 2.25. The lowest BCUT2D eigenvalue weighted by Gasteiger charge is -2.29. The number of aromatic nitrogens is 2. The number of rotatable bonds is 4. The molecule has 3 aromatic rings. The standard InChI is InChI=1S/C23H25N5/c1-2-6-19-17-28(16-12-18(19)5-1)22-11-13-24-23(26-22)25-20-7-9-21(10-8-20)27-14-3-4-15-27/h1-2,5-11,13H,3-4,12,14-17H2,(H,24,25,26). The summed E-state index contributed by atoms with van der Waals surface area (Å²) in [5.74, 6) is 1.62. The second kappa shape index (κ2) is 7.50. The van der Waals surface area contributed by atoms with Crippen molar-refractivity contribution in [2.75, 3.05) is 34.8 Å². The van der Waals surface area contributed by atoms with E-state index in [1.165, 1.54) is 29.7 Å². The van der Waals surface area contributed by atoms with E-state index in [1.807, 2.05) is 12.3 Å². The molecule has 1 aromatic heterocycles. The van der Waals surface area contributed by atoms with Gasteiger partial charge in [0, 0.05) is 43.8 Å². The Bertz CT molecular complexity index is 947. The first-order valence-corrected chi connectivity index (χ1v) is 10.1. The van der Waals surface area contributed by atoms with Gasteiger partial charge in [-0.2, -0.15) is 4.98 Å². The Morgan fingerprint density at radius 1 is 0.786 bits per heavy atom. The van der Waals surface area contributed by atoms with Crippen LogP contribution in [0.5, 0.6) is 0 Å². The maximum absolute atomic E-state index is 4.76. The van der Waals surface area contributed by atoms with E-state index in [4.69, 9.17) is 4.98 Å². The second-order valence-corrected chi connectivity index (χ2v) is 7.54. The number of hydrogen-bond acceptors (Lipinski definition) is 5. The molecule has 0 saturated carbocycles. The molecule has 2 aliphatic rings. The fourth-order valence-electron chi connectivity index (χ4n) is 4.14. The van der Waals surface area contributed by atoms with Gasteiger partial charge in [-0.15, -0.1) is 0 Å². The van der Waals surface area contributed by atoms with Crippen LogP contribution in [0.3, 0.4) is 0 Å². The van der Waals surface area contributed by atoms with Gasteiger partial charge in [-0.1, -0.05) is 24.3 Å². The summed E-state index contributed by atoms with van der Waals surface area (Å²) in [4.78, 5) is 13.9. The van der Waals surface area contributed by atoms with Gasteiger partial charge >= 0.3 is 0 Å². The minimum absolute atomic E-state index is 0.644. The molecular weight excluding hydrogens is 346 g/mol. The smallest absolute Gasteiger partial charge is 0.229 e. The Morgan fingerprint density at radius 3 is 2.39 bits per heavy atom. The highest BCUT2D eigenvalue weighted by atomic mass is 15.2. The summed E-state index contributed by atoms with van der Waals surface area (Å²) in [7, 11) is 0. The Balaban J connectivity index is 1.29. The summed E-state index contributed by atoms with van der Waals surface area (Å²) < 4.78 is 0. The summed E-state index contributed by atoms with van der Waals surface area (Å²) >= 11 is 0. The molecule has 2 aliphatic heterocycles. The molecule has 5 rings (SSSR count). The molecule has 3 heterocycles. The molecule has 2 aromatic carbocycles. The molecule has 0 radical (unpaired) electrons. The molecule has 0 amide bonds. The molecule has 5 nitrogen and oxygen atoms in total. The molecule has 142 valence electrons. The number of nitrogens with one attached hydrogen (secondary N) is 1. The average Bonchev–Trinajstić information content (AvgIpc) is 3.29. The second-order valence-electron chi connectivity index (χ2n) is 7.54. The van der Waals surface area contributed by atoms with E-state index in [0.29, 0.717) is 5.95 Å². The van der Waals surface area contributed by atoms with Crippen LogP contribution < -0.4 is 15.1 Å². The van der Waals surface area contributed by atoms with Crippen molar-refractivity contribution in [3.8, 4) is 0 Å². The van der Waals surface area contributed by atoms with Gasteiger partial charge in [-0.25, -0.2) is 4.98 Å². The maximum Gasteiger partial charge on any atom is 0.229 e. The molecule has 0 unspecified atom stereocenters. The molecule has 0 bridgehead atoms. The van der Waals surface area contributed by atoms with Gasteiger partial charge in [0.2, 0.25) is 5.95 Å². The zero-order valence-corrected chi connectivity index (χ0v) is 16.0. The van der Waals surface area contributed by atoms with E-state index in [2.05, 4.69) is 68.6 Å². The van der Waals surface area contributed by atoms with Gasteiger partial charge in [0.05, 0.1) is 0 Å². The first kappa shape index (κ1) is 17.0. The van der Waals surface area contributed by atoms with E-state index in [0.717, 1.165) is 44.1 Å². The maximum atomic E-state index is 4.76. The summed E-state index contributed by atoms with van der Waals surface area (Å²) in [6.07, 6.45) is 5.48. The number of fused-ring (bicyclic) bond motifs is 1. The van der Waals surface area contributed by atoms with Gasteiger partial charge in [0.25, 0.3) is 0 Å². The molecule has 1 saturated heterocycles. The first-order valence-electron chi connectivity index (χ1n) is 10.1. The van der Waals surface area contributed by atoms with Gasteiger partial charge in [-0.05, 0) is 60.7 Å². The van der Waals surface area contributed by atoms with Crippen LogP contribution in [0.25, 0.3) is 0 Å². The fraction of sp³-hybridized carbons (Fsp3) is 0.304. The number of nitrogens with zero attached hydrogens (tertiary/aromatic N) is 4. The van der Waals surface area contributed by atoms with Crippen molar-refractivity contribution in [1.29, 1.82) is 0 Å². The lowest BCUT2D eigenvalue weighted by Crippen LogP contribution is -2.31. The Labute approximate surface area is 166 Å². The summed E-state index contributed by atoms with van der Waals surface area (Å²) in [6, 6.07) is 19.3. The van der Waals surface area contributed by atoms with Crippen LogP contribution in [-0.2, 0) is 13.0 Å². The lowest BCUT2D eigenvalue weighted by molar-refractivity contribution is 0.720. The third-order valence-electron chi connectivity index (χ3n) is 5.69. The summed E-state index contributed by atoms with van der Waals surface area (Å²) in [5, 5.41) is 3.35. The quantitative estimate of drug-likeness (QED) is 0.737. The topological polar surface area (TPSA) is 44.3 Å². The fourth-order valence-corrected chi connectivity index (χ4v) is 4.14. The SMILES string of the molecule is c1ccc2c(c1)CCN(c1ccnc(Nc3ccc(N4CCCC4)cc3)n1)C2. The zero-order chi connectivity index (χ0) is 18.8. The van der Waals surface area contributed by atoms with E-state index < -0.39 is 0 Å². The van der Waals surface area contributed by atoms with Crippen molar-refractivity contribution in [1.82, 2.24) is 9.97 Å². The predicted octanol–water partition coefficient (Wildman–Crippen LogP) is 4.38. The van der Waals surface area contributed by atoms with Crippen molar-refractivity contribution in [2.24, 2.45) is 0 Å². The molecule has 0 spiro atoms. The van der Waals surface area contributed by atoms with E-state index in [-0.39, 0.29) is 0 Å². The van der Waals surface area contributed by atoms with Crippen LogP contribution in [0.2, 0.25) is 0 Å². The molecule has 1 N–H and O–H groups in total. The Hall–Kier alpha value is -3.08. The molecule has 0 aliphatic carbocycles. The summed E-state index contributed by atoms with van der Waals surface area (Å²) in [5.41, 5.74) is 5.15. The lowest BCUT2D eigenvalue weighted by atomic mass is 10.00. The minimum atomic E-state index is 0.644. The largest absolute Gasteiger partial charge is 0.372 e. The number of hydrogen-bond donors (Lipinski definition) is 1. The molecular formula is C23H25N5. The minimum Gasteiger partial charge on any atom is -0.372 e. The molecule has 1 fully saturated rings. The highest BCUT2D eigenvalue weighted by molar-refractivity contribution is 5.60. The third kappa shape index (κ3) is 3.52. The van der Waals surface area contributed by atoms with Crippen molar-refractivity contribution >= 4 is 23.1 Å². The third-order valence-corrected chi connectivity index (χ3v) is 5.69. The molecule has 5 heteroatoms. The van der Waals surface area contributed by atoms with Crippen LogP contribution in [0.4, 0.5) is 23.1 Å². The van der Waals surface area contributed by atoms with E-state index >= 15 is 0 Å². The Kier molecular flexibility index (Phi) is 4.57. The van der Waals surface area contributed by atoms with Gasteiger partial charge in [-0.3, -0.25) is 0 Å². The Morgan fingerprint density at radius 2 is 1.57 bits per heavy atom. The summed E-state index contributed by atoms with van der Waals surface area (Å²) in [6.45, 7) is 4.21. The van der Waals surface area contributed by atoms with E-state index in [1.54, 1.807) is 0 Å². The van der Waals surface area contributed by atoms with Crippen LogP contribution in [0.1, 0.15) is 24.0 Å². The van der Waals surface area contributed by atoms with Gasteiger partial charge in [0.15, 0.2) is 0 Å². The van der Waals surface area contributed by atoms with Crippen LogP contribution in [0, 0.1) is 0 Å². The highest BCUT2D eigenvalue weighted by Gasteiger charge is 2.17. The van der Waals surface area contributed by atoms with Crippen molar-refractivity contribution in [2.45, 2.75) is 25.8 Å². The number of anilines is 4. The zero-order valence-electron chi connectivity index (χ0n) is 16.0. The molecule has 0 atom stereocenters. The van der Waals surface area contributed by atoms with Gasteiger partial charge in [0.1, 0.15) is 5.82 Å². The molecule has 28 heavy (non-hydrogen) atoms. The number of benzene rings is 2. The van der Waals surface area contributed by atoms with Gasteiger partial charge < -0.3 is 15.1 Å². The predicted molar refractivity (Wildman–Crippen MR) is 114 cm³/mol. The average molecular weight is 371 g/mol. The van der Waals surface area contributed by atoms with Crippen molar-refractivity contribution < 1.29 is 0 Å². The normalized spacial score (nSPS) is 16.1. The van der Waals surface area contributed by atoms with E-state index in [9.17, 15) is 0 Å². The van der Waals surface area contributed by atoms with Crippen LogP contribution >= 0.6 is 0 Å². The van der Waals surface area contributed by atoms with Crippen LogP contribution in [0.15, 0.2) is 60.8 Å². The van der Waals surface area contributed by atoms with Crippen molar-refractivity contribution in [3.05, 3.63) is 71.9 Å².